The van der Waals surface area contributed by atoms with Gasteiger partial charge >= 0.3 is 5.97 Å². The Morgan fingerprint density at radius 1 is 1.27 bits per heavy atom. The molecule has 0 aromatic heterocycles. The second-order valence-electron chi connectivity index (χ2n) is 7.24. The van der Waals surface area contributed by atoms with Crippen molar-refractivity contribution in [3.63, 3.8) is 0 Å². The molecule has 2 N–H and O–H groups in total. The summed E-state index contributed by atoms with van der Waals surface area (Å²) in [4.78, 5) is 11.6. The van der Waals surface area contributed by atoms with Gasteiger partial charge in [0.25, 0.3) is 0 Å². The summed E-state index contributed by atoms with van der Waals surface area (Å²) >= 11 is 0. The third kappa shape index (κ3) is 4.22. The summed E-state index contributed by atoms with van der Waals surface area (Å²) in [7, 11) is -1.57. The van der Waals surface area contributed by atoms with Gasteiger partial charge in [0.05, 0.1) is 5.92 Å². The van der Waals surface area contributed by atoms with Gasteiger partial charge in [-0.3, -0.25) is 4.79 Å². The van der Waals surface area contributed by atoms with Crippen molar-refractivity contribution in [1.29, 1.82) is 0 Å². The van der Waals surface area contributed by atoms with E-state index in [0.717, 1.165) is 5.56 Å². The summed E-state index contributed by atoms with van der Waals surface area (Å²) in [6.07, 6.45) is 1.29. The normalized spacial score (nSPS) is 28.5. The van der Waals surface area contributed by atoms with Crippen molar-refractivity contribution in [2.24, 2.45) is 5.92 Å². The molecule has 1 unspecified atom stereocenters. The Morgan fingerprint density at radius 3 is 2.45 bits per heavy atom. The molecule has 0 bridgehead atoms. The lowest BCUT2D eigenvalue weighted by molar-refractivity contribution is -0.145. The first-order valence-electron chi connectivity index (χ1n) is 7.75. The summed E-state index contributed by atoms with van der Waals surface area (Å²) < 4.78 is 0. The predicted molar refractivity (Wildman–Crippen MR) is 90.2 cm³/mol. The Balaban J connectivity index is 2.30. The maximum absolute atomic E-state index is 11.6. The third-order valence-corrected chi connectivity index (χ3v) is 5.00. The van der Waals surface area contributed by atoms with Crippen LogP contribution in [0.15, 0.2) is 30.3 Å². The van der Waals surface area contributed by atoms with Gasteiger partial charge in [0, 0.05) is 5.92 Å². The lowest BCUT2D eigenvalue weighted by Gasteiger charge is -2.37. The second-order valence-corrected chi connectivity index (χ2v) is 12.0. The zero-order valence-corrected chi connectivity index (χ0v) is 14.5. The molecule has 0 spiro atoms. The van der Waals surface area contributed by atoms with Gasteiger partial charge < -0.3 is 10.2 Å². The molecule has 3 atom stereocenters. The highest BCUT2D eigenvalue weighted by Gasteiger charge is 2.42. The van der Waals surface area contributed by atoms with Crippen molar-refractivity contribution in [3.05, 3.63) is 35.9 Å². The van der Waals surface area contributed by atoms with Gasteiger partial charge in [-0.05, 0) is 24.8 Å². The fourth-order valence-corrected chi connectivity index (χ4v) is 3.57. The van der Waals surface area contributed by atoms with E-state index in [1.165, 1.54) is 0 Å². The van der Waals surface area contributed by atoms with Crippen molar-refractivity contribution >= 4 is 14.0 Å². The van der Waals surface area contributed by atoms with Crippen molar-refractivity contribution in [1.82, 2.24) is 0 Å². The maximum Gasteiger partial charge on any atom is 0.307 e. The highest BCUT2D eigenvalue weighted by atomic mass is 28.3. The van der Waals surface area contributed by atoms with Gasteiger partial charge in [0.15, 0.2) is 0 Å². The van der Waals surface area contributed by atoms with Gasteiger partial charge in [-0.1, -0.05) is 55.9 Å². The first-order chi connectivity index (χ1) is 10.2. The van der Waals surface area contributed by atoms with E-state index in [0.29, 0.717) is 19.3 Å². The van der Waals surface area contributed by atoms with Gasteiger partial charge in [0.1, 0.15) is 13.7 Å². The van der Waals surface area contributed by atoms with Crippen LogP contribution in [0.1, 0.15) is 30.7 Å². The molecular weight excluding hydrogens is 292 g/mol. The van der Waals surface area contributed by atoms with Crippen molar-refractivity contribution in [2.75, 3.05) is 0 Å². The van der Waals surface area contributed by atoms with Crippen LogP contribution in [0.2, 0.25) is 19.6 Å². The van der Waals surface area contributed by atoms with Crippen molar-refractivity contribution < 1.29 is 15.0 Å². The lowest BCUT2D eigenvalue weighted by Crippen LogP contribution is -2.40. The summed E-state index contributed by atoms with van der Waals surface area (Å²) in [6, 6.07) is 9.63. The molecule has 22 heavy (non-hydrogen) atoms. The standard InChI is InChI=1S/C18H24O3Si/c1-22(2,3)12-11-18(21)10-9-15(17(19)20)16(13-18)14-7-5-4-6-8-14/h4-8,15-16,21H,9-10,13H2,1-3H3,(H,19,20)/t15-,16+,18?/m0/s1. The number of carboxylic acid groups (broad SMARTS) is 1. The van der Waals surface area contributed by atoms with E-state index in [-0.39, 0.29) is 5.92 Å². The van der Waals surface area contributed by atoms with Crippen LogP contribution in [0.3, 0.4) is 0 Å². The fourth-order valence-electron chi connectivity index (χ4n) is 2.97. The summed E-state index contributed by atoms with van der Waals surface area (Å²) in [6.45, 7) is 6.42. The molecule has 1 aromatic rings. The molecule has 1 saturated carbocycles. The molecule has 3 nitrogen and oxygen atoms in total. The monoisotopic (exact) mass is 316 g/mol. The maximum atomic E-state index is 11.6. The van der Waals surface area contributed by atoms with E-state index < -0.39 is 25.6 Å². The molecule has 1 aromatic carbocycles. The molecule has 0 aliphatic heterocycles. The van der Waals surface area contributed by atoms with E-state index in [2.05, 4.69) is 31.1 Å². The number of hydrogen-bond donors (Lipinski definition) is 2. The molecule has 1 fully saturated rings. The number of rotatable bonds is 2. The van der Waals surface area contributed by atoms with E-state index in [1.54, 1.807) is 0 Å². The van der Waals surface area contributed by atoms with Crippen LogP contribution in [-0.2, 0) is 4.79 Å². The minimum atomic E-state index is -1.57. The average Bonchev–Trinajstić information content (AvgIpc) is 2.45. The SMILES string of the molecule is C[Si](C)(C)C#CC1(O)CC[C@H](C(=O)O)[C@@H](c2ccccc2)C1. The molecule has 0 radical (unpaired) electrons. The summed E-state index contributed by atoms with van der Waals surface area (Å²) in [5.41, 5.74) is 3.15. The summed E-state index contributed by atoms with van der Waals surface area (Å²) in [5, 5.41) is 20.3. The third-order valence-electron chi connectivity index (χ3n) is 4.13. The Hall–Kier alpha value is -1.57. The topological polar surface area (TPSA) is 57.5 Å². The Morgan fingerprint density at radius 2 is 1.91 bits per heavy atom. The van der Waals surface area contributed by atoms with Crippen LogP contribution in [0.25, 0.3) is 0 Å². The number of hydrogen-bond acceptors (Lipinski definition) is 2. The minimum Gasteiger partial charge on any atom is -0.481 e. The van der Waals surface area contributed by atoms with E-state index >= 15 is 0 Å². The molecule has 118 valence electrons. The number of carboxylic acids is 1. The quantitative estimate of drug-likeness (QED) is 0.650. The Bertz CT molecular complexity index is 594. The van der Waals surface area contributed by atoms with E-state index in [4.69, 9.17) is 0 Å². The van der Waals surface area contributed by atoms with Crippen LogP contribution in [0.5, 0.6) is 0 Å². The number of carbonyl (C=O) groups is 1. The van der Waals surface area contributed by atoms with E-state index in [1.807, 2.05) is 30.3 Å². The minimum absolute atomic E-state index is 0.187. The fraction of sp³-hybridized carbons (Fsp3) is 0.500. The highest BCUT2D eigenvalue weighted by molar-refractivity contribution is 6.83. The highest BCUT2D eigenvalue weighted by Crippen LogP contribution is 2.42. The Kier molecular flexibility index (Phi) is 4.79. The molecule has 4 heteroatoms. The van der Waals surface area contributed by atoms with Gasteiger partial charge in [-0.15, -0.1) is 5.54 Å². The van der Waals surface area contributed by atoms with Crippen LogP contribution in [0, 0.1) is 17.4 Å². The average molecular weight is 316 g/mol. The molecule has 2 rings (SSSR count). The number of aliphatic carboxylic acids is 1. The Labute approximate surface area is 133 Å². The van der Waals surface area contributed by atoms with Crippen molar-refractivity contribution in [2.45, 2.75) is 50.4 Å². The smallest absolute Gasteiger partial charge is 0.307 e. The predicted octanol–water partition coefficient (Wildman–Crippen LogP) is 3.27. The van der Waals surface area contributed by atoms with Gasteiger partial charge in [-0.25, -0.2) is 0 Å². The van der Waals surface area contributed by atoms with Gasteiger partial charge in [-0.2, -0.15) is 0 Å². The van der Waals surface area contributed by atoms with E-state index in [9.17, 15) is 15.0 Å². The molecular formula is C18H24O3Si. The van der Waals surface area contributed by atoms with Crippen LogP contribution >= 0.6 is 0 Å². The first kappa shape index (κ1) is 16.8. The number of aliphatic hydroxyl groups is 1. The number of benzene rings is 1. The summed E-state index contributed by atoms with van der Waals surface area (Å²) in [5.74, 6) is 1.65. The molecule has 0 heterocycles. The molecule has 1 aliphatic carbocycles. The molecule has 0 saturated heterocycles. The molecule has 0 amide bonds. The lowest BCUT2D eigenvalue weighted by atomic mass is 9.69. The zero-order valence-electron chi connectivity index (χ0n) is 13.5. The van der Waals surface area contributed by atoms with Crippen LogP contribution in [0.4, 0.5) is 0 Å². The first-order valence-corrected chi connectivity index (χ1v) is 11.2. The largest absolute Gasteiger partial charge is 0.481 e. The second kappa shape index (κ2) is 6.27. The zero-order chi connectivity index (χ0) is 16.4. The van der Waals surface area contributed by atoms with Crippen molar-refractivity contribution in [3.8, 4) is 11.5 Å². The van der Waals surface area contributed by atoms with Crippen LogP contribution in [-0.4, -0.2) is 29.9 Å². The van der Waals surface area contributed by atoms with Gasteiger partial charge in [0.2, 0.25) is 0 Å². The molecule has 1 aliphatic rings. The van der Waals surface area contributed by atoms with Crippen LogP contribution < -0.4 is 0 Å².